The molecule has 0 spiro atoms. The topological polar surface area (TPSA) is 45.2 Å². The van der Waals surface area contributed by atoms with Gasteiger partial charge in [0.25, 0.3) is 5.91 Å². The van der Waals surface area contributed by atoms with Gasteiger partial charge in [0.05, 0.1) is 20.5 Å². The summed E-state index contributed by atoms with van der Waals surface area (Å²) in [5.41, 5.74) is 0.691. The van der Waals surface area contributed by atoms with E-state index in [1.54, 1.807) is 12.3 Å². The smallest absolute Gasteiger partial charge is 0.265 e. The lowest BCUT2D eigenvalue weighted by Crippen LogP contribution is -2.22. The Kier molecular flexibility index (Phi) is 5.78. The molecule has 1 N–H and O–H groups in total. The summed E-state index contributed by atoms with van der Waals surface area (Å²) in [6, 6.07) is 5.58. The van der Waals surface area contributed by atoms with E-state index in [-0.39, 0.29) is 5.91 Å². The molecule has 2 aromatic heterocycles. The van der Waals surface area contributed by atoms with E-state index in [0.717, 1.165) is 27.2 Å². The highest BCUT2D eigenvalue weighted by Crippen LogP contribution is 2.32. The van der Waals surface area contributed by atoms with Crippen LogP contribution in [-0.4, -0.2) is 24.0 Å². The van der Waals surface area contributed by atoms with Crippen LogP contribution in [0, 0.1) is 0 Å². The highest BCUT2D eigenvalue weighted by Gasteiger charge is 2.12. The van der Waals surface area contributed by atoms with Gasteiger partial charge in [0.1, 0.15) is 5.82 Å². The fourth-order valence-corrected chi connectivity index (χ4v) is 3.78. The standard InChI is InChI=1S/C14H15Br2N3OS/c1-3-19(4-2)12-6-5-9(8-17-12)18-14(20)11-7-10(15)13(16)21-11/h5-8H,3-4H2,1-2H3,(H,18,20). The van der Waals surface area contributed by atoms with Crippen LogP contribution in [0.25, 0.3) is 0 Å². The minimum atomic E-state index is -0.135. The second-order valence-electron chi connectivity index (χ2n) is 4.26. The summed E-state index contributed by atoms with van der Waals surface area (Å²) >= 11 is 8.15. The first-order valence-corrected chi connectivity index (χ1v) is 8.92. The molecule has 0 bridgehead atoms. The summed E-state index contributed by atoms with van der Waals surface area (Å²) in [4.78, 5) is 19.3. The van der Waals surface area contributed by atoms with Gasteiger partial charge >= 0.3 is 0 Å². The number of anilines is 2. The van der Waals surface area contributed by atoms with E-state index in [9.17, 15) is 4.79 Å². The van der Waals surface area contributed by atoms with Crippen molar-refractivity contribution in [3.05, 3.63) is 37.5 Å². The number of amides is 1. The Bertz CT molecular complexity index is 604. The zero-order valence-corrected chi connectivity index (χ0v) is 15.7. The summed E-state index contributed by atoms with van der Waals surface area (Å²) in [6.07, 6.45) is 1.68. The molecule has 21 heavy (non-hydrogen) atoms. The molecular weight excluding hydrogens is 418 g/mol. The molecule has 0 unspecified atom stereocenters. The highest BCUT2D eigenvalue weighted by molar-refractivity contribution is 9.13. The number of nitrogens with zero attached hydrogens (tertiary/aromatic N) is 2. The molecular formula is C14H15Br2N3OS. The molecule has 0 aliphatic heterocycles. The van der Waals surface area contributed by atoms with Gasteiger partial charge in [-0.2, -0.15) is 0 Å². The van der Waals surface area contributed by atoms with Crippen molar-refractivity contribution in [1.29, 1.82) is 0 Å². The van der Waals surface area contributed by atoms with Crippen LogP contribution < -0.4 is 10.2 Å². The van der Waals surface area contributed by atoms with Gasteiger partial charge < -0.3 is 10.2 Å². The van der Waals surface area contributed by atoms with Crippen LogP contribution in [0.2, 0.25) is 0 Å². The molecule has 0 saturated heterocycles. The van der Waals surface area contributed by atoms with Crippen molar-refractivity contribution in [2.24, 2.45) is 0 Å². The Labute approximate surface area is 144 Å². The summed E-state index contributed by atoms with van der Waals surface area (Å²) in [6.45, 7) is 6.00. The van der Waals surface area contributed by atoms with E-state index in [1.165, 1.54) is 11.3 Å². The Morgan fingerprint density at radius 3 is 2.52 bits per heavy atom. The van der Waals surface area contributed by atoms with Gasteiger partial charge in [0.2, 0.25) is 0 Å². The van der Waals surface area contributed by atoms with Crippen molar-refractivity contribution in [3.63, 3.8) is 0 Å². The van der Waals surface area contributed by atoms with Gasteiger partial charge in [-0.05, 0) is 63.9 Å². The van der Waals surface area contributed by atoms with E-state index >= 15 is 0 Å². The number of carbonyl (C=O) groups excluding carboxylic acids is 1. The Hall–Kier alpha value is -0.920. The number of hydrogen-bond donors (Lipinski definition) is 1. The maximum Gasteiger partial charge on any atom is 0.265 e. The van der Waals surface area contributed by atoms with Gasteiger partial charge in [-0.3, -0.25) is 4.79 Å². The third kappa shape index (κ3) is 4.05. The molecule has 0 radical (unpaired) electrons. The van der Waals surface area contributed by atoms with Crippen molar-refractivity contribution in [1.82, 2.24) is 4.98 Å². The van der Waals surface area contributed by atoms with Gasteiger partial charge in [-0.15, -0.1) is 11.3 Å². The van der Waals surface area contributed by atoms with Gasteiger partial charge in [0, 0.05) is 17.6 Å². The molecule has 7 heteroatoms. The second-order valence-corrected chi connectivity index (χ2v) is 7.49. The molecule has 0 atom stereocenters. The van der Waals surface area contributed by atoms with Crippen LogP contribution >= 0.6 is 43.2 Å². The van der Waals surface area contributed by atoms with Crippen LogP contribution in [0.5, 0.6) is 0 Å². The number of halogens is 2. The molecule has 0 saturated carbocycles. The lowest BCUT2D eigenvalue weighted by molar-refractivity contribution is 0.103. The molecule has 0 aliphatic carbocycles. The van der Waals surface area contributed by atoms with E-state index < -0.39 is 0 Å². The van der Waals surface area contributed by atoms with Gasteiger partial charge in [-0.25, -0.2) is 4.98 Å². The predicted molar refractivity (Wildman–Crippen MR) is 95.5 cm³/mol. The van der Waals surface area contributed by atoms with Crippen molar-refractivity contribution < 1.29 is 4.79 Å². The molecule has 0 aliphatic rings. The van der Waals surface area contributed by atoms with Crippen molar-refractivity contribution in [2.75, 3.05) is 23.3 Å². The molecule has 2 heterocycles. The summed E-state index contributed by atoms with van der Waals surface area (Å²) in [5.74, 6) is 0.781. The Morgan fingerprint density at radius 2 is 2.05 bits per heavy atom. The minimum absolute atomic E-state index is 0.135. The second kappa shape index (κ2) is 7.38. The molecule has 1 amide bonds. The average Bonchev–Trinajstić information content (AvgIpc) is 2.82. The molecule has 2 aromatic rings. The molecule has 2 rings (SSSR count). The zero-order valence-electron chi connectivity index (χ0n) is 11.7. The quantitative estimate of drug-likeness (QED) is 0.740. The van der Waals surface area contributed by atoms with Gasteiger partial charge in [0.15, 0.2) is 0 Å². The minimum Gasteiger partial charge on any atom is -0.357 e. The molecule has 0 aromatic carbocycles. The monoisotopic (exact) mass is 431 g/mol. The lowest BCUT2D eigenvalue weighted by atomic mass is 10.3. The maximum absolute atomic E-state index is 12.1. The number of hydrogen-bond acceptors (Lipinski definition) is 4. The normalized spacial score (nSPS) is 10.5. The third-order valence-electron chi connectivity index (χ3n) is 2.96. The van der Waals surface area contributed by atoms with E-state index in [1.807, 2.05) is 12.1 Å². The Balaban J connectivity index is 2.08. The van der Waals surface area contributed by atoms with Crippen molar-refractivity contribution >= 4 is 60.6 Å². The number of carbonyl (C=O) groups is 1. The molecule has 112 valence electrons. The first kappa shape index (κ1) is 16.5. The fourth-order valence-electron chi connectivity index (χ4n) is 1.85. The van der Waals surface area contributed by atoms with Crippen LogP contribution in [0.15, 0.2) is 32.7 Å². The lowest BCUT2D eigenvalue weighted by Gasteiger charge is -2.19. The first-order valence-electron chi connectivity index (χ1n) is 6.52. The highest BCUT2D eigenvalue weighted by atomic mass is 79.9. The van der Waals surface area contributed by atoms with Crippen LogP contribution in [0.4, 0.5) is 11.5 Å². The van der Waals surface area contributed by atoms with Crippen molar-refractivity contribution in [3.8, 4) is 0 Å². The number of nitrogens with one attached hydrogen (secondary N) is 1. The molecule has 4 nitrogen and oxygen atoms in total. The first-order chi connectivity index (χ1) is 10.0. The fraction of sp³-hybridized carbons (Fsp3) is 0.286. The number of rotatable bonds is 5. The summed E-state index contributed by atoms with van der Waals surface area (Å²) in [7, 11) is 0. The number of thiophene rings is 1. The predicted octanol–water partition coefficient (Wildman–Crippen LogP) is 4.77. The number of pyridine rings is 1. The maximum atomic E-state index is 12.1. The zero-order chi connectivity index (χ0) is 15.4. The number of aromatic nitrogens is 1. The van der Waals surface area contributed by atoms with Crippen molar-refractivity contribution in [2.45, 2.75) is 13.8 Å². The SMILES string of the molecule is CCN(CC)c1ccc(NC(=O)c2cc(Br)c(Br)s2)cn1. The largest absolute Gasteiger partial charge is 0.357 e. The Morgan fingerprint density at radius 1 is 1.33 bits per heavy atom. The third-order valence-corrected chi connectivity index (χ3v) is 6.22. The average molecular weight is 433 g/mol. The van der Waals surface area contributed by atoms with E-state index in [0.29, 0.717) is 10.6 Å². The summed E-state index contributed by atoms with van der Waals surface area (Å²) in [5, 5.41) is 2.85. The molecule has 0 fully saturated rings. The van der Waals surface area contributed by atoms with Crippen LogP contribution in [0.3, 0.4) is 0 Å². The van der Waals surface area contributed by atoms with E-state index in [4.69, 9.17) is 0 Å². The van der Waals surface area contributed by atoms with Crippen LogP contribution in [-0.2, 0) is 0 Å². The van der Waals surface area contributed by atoms with Crippen LogP contribution in [0.1, 0.15) is 23.5 Å². The summed E-state index contributed by atoms with van der Waals surface area (Å²) < 4.78 is 1.79. The van der Waals surface area contributed by atoms with Gasteiger partial charge in [-0.1, -0.05) is 0 Å². The van der Waals surface area contributed by atoms with E-state index in [2.05, 4.69) is 60.9 Å².